The van der Waals surface area contributed by atoms with Crippen molar-refractivity contribution in [3.8, 4) is 17.0 Å². The first-order valence-electron chi connectivity index (χ1n) is 9.96. The molecule has 0 radical (unpaired) electrons. The lowest BCUT2D eigenvalue weighted by molar-refractivity contribution is 0.182. The Morgan fingerprint density at radius 1 is 1.13 bits per heavy atom. The standard InChI is InChI=1S/C25H25F2NO2/c1-3-13-30-23-12-11-21(24(26)25(23)27)22-15-19-10-9-18(14-20(19)16-28-22)8-6-4-5-7-17(2)29/h3,6,8-12,14-17,29H,1,4-5,7,13H2,2H3. The zero-order valence-corrected chi connectivity index (χ0v) is 16.9. The van der Waals surface area contributed by atoms with Crippen LogP contribution in [0.1, 0.15) is 31.7 Å². The topological polar surface area (TPSA) is 42.4 Å². The van der Waals surface area contributed by atoms with Crippen LogP contribution in [0.5, 0.6) is 5.75 Å². The number of pyridine rings is 1. The number of benzene rings is 2. The lowest BCUT2D eigenvalue weighted by atomic mass is 10.0. The molecule has 0 aliphatic heterocycles. The van der Waals surface area contributed by atoms with Gasteiger partial charge in [0.1, 0.15) is 6.61 Å². The Bertz CT molecular complexity index is 1060. The number of hydrogen-bond donors (Lipinski definition) is 1. The number of ether oxygens (including phenoxy) is 1. The summed E-state index contributed by atoms with van der Waals surface area (Å²) in [5.41, 5.74) is 1.48. The molecule has 3 nitrogen and oxygen atoms in total. The maximum absolute atomic E-state index is 14.5. The van der Waals surface area contributed by atoms with Crippen molar-refractivity contribution in [3.63, 3.8) is 0 Å². The molecule has 1 atom stereocenters. The minimum absolute atomic E-state index is 0.0856. The van der Waals surface area contributed by atoms with Gasteiger partial charge in [0.05, 0.1) is 11.8 Å². The van der Waals surface area contributed by atoms with Gasteiger partial charge in [-0.25, -0.2) is 4.39 Å². The second-order valence-electron chi connectivity index (χ2n) is 7.20. The maximum Gasteiger partial charge on any atom is 0.201 e. The van der Waals surface area contributed by atoms with Crippen LogP contribution < -0.4 is 4.74 Å². The quantitative estimate of drug-likeness (QED) is 0.333. The van der Waals surface area contributed by atoms with Crippen molar-refractivity contribution in [1.82, 2.24) is 4.98 Å². The van der Waals surface area contributed by atoms with E-state index in [2.05, 4.69) is 17.6 Å². The number of aliphatic hydroxyl groups is 1. The van der Waals surface area contributed by atoms with Crippen LogP contribution in [0.3, 0.4) is 0 Å². The van der Waals surface area contributed by atoms with E-state index in [4.69, 9.17) is 4.74 Å². The average molecular weight is 409 g/mol. The van der Waals surface area contributed by atoms with Gasteiger partial charge >= 0.3 is 0 Å². The summed E-state index contributed by atoms with van der Waals surface area (Å²) in [6.07, 6.45) is 9.60. The van der Waals surface area contributed by atoms with Gasteiger partial charge in [0, 0.05) is 17.1 Å². The van der Waals surface area contributed by atoms with Gasteiger partial charge in [-0.2, -0.15) is 4.39 Å². The lowest BCUT2D eigenvalue weighted by Crippen LogP contribution is -1.99. The van der Waals surface area contributed by atoms with Crippen molar-refractivity contribution >= 4 is 16.8 Å². The van der Waals surface area contributed by atoms with E-state index in [0.29, 0.717) is 5.69 Å². The highest BCUT2D eigenvalue weighted by molar-refractivity contribution is 5.87. The molecule has 156 valence electrons. The van der Waals surface area contributed by atoms with Crippen molar-refractivity contribution in [1.29, 1.82) is 0 Å². The van der Waals surface area contributed by atoms with Crippen molar-refractivity contribution in [2.45, 2.75) is 32.3 Å². The van der Waals surface area contributed by atoms with Gasteiger partial charge in [-0.15, -0.1) is 0 Å². The molecule has 0 fully saturated rings. The maximum atomic E-state index is 14.5. The molecular weight excluding hydrogens is 384 g/mol. The molecule has 1 heterocycles. The van der Waals surface area contributed by atoms with Gasteiger partial charge in [-0.3, -0.25) is 4.98 Å². The molecule has 0 saturated carbocycles. The number of nitrogens with zero attached hydrogens (tertiary/aromatic N) is 1. The summed E-state index contributed by atoms with van der Waals surface area (Å²) >= 11 is 0. The third kappa shape index (κ3) is 5.30. The van der Waals surface area contributed by atoms with Gasteiger partial charge < -0.3 is 9.84 Å². The Labute approximate surface area is 175 Å². The van der Waals surface area contributed by atoms with E-state index in [0.717, 1.165) is 35.6 Å². The molecule has 1 unspecified atom stereocenters. The van der Waals surface area contributed by atoms with Gasteiger partial charge in [0.25, 0.3) is 0 Å². The van der Waals surface area contributed by atoms with Crippen LogP contribution >= 0.6 is 0 Å². The molecule has 0 aliphatic carbocycles. The van der Waals surface area contributed by atoms with Crippen LogP contribution in [0, 0.1) is 11.6 Å². The minimum Gasteiger partial charge on any atom is -0.486 e. The number of hydrogen-bond acceptors (Lipinski definition) is 3. The predicted octanol–water partition coefficient (Wildman–Crippen LogP) is 6.31. The monoisotopic (exact) mass is 409 g/mol. The van der Waals surface area contributed by atoms with Crippen LogP contribution in [0.25, 0.3) is 28.1 Å². The Morgan fingerprint density at radius 3 is 2.73 bits per heavy atom. The largest absolute Gasteiger partial charge is 0.486 e. The first-order chi connectivity index (χ1) is 14.5. The highest BCUT2D eigenvalue weighted by atomic mass is 19.2. The molecule has 0 saturated heterocycles. The zero-order chi connectivity index (χ0) is 21.5. The second-order valence-corrected chi connectivity index (χ2v) is 7.20. The number of halogens is 2. The van der Waals surface area contributed by atoms with Crippen molar-refractivity contribution in [2.75, 3.05) is 6.61 Å². The van der Waals surface area contributed by atoms with Gasteiger partial charge in [0.2, 0.25) is 5.82 Å². The van der Waals surface area contributed by atoms with Crippen LogP contribution in [-0.4, -0.2) is 22.8 Å². The van der Waals surface area contributed by atoms with E-state index in [1.165, 1.54) is 18.2 Å². The molecule has 3 aromatic rings. The molecule has 1 aromatic heterocycles. The summed E-state index contributed by atoms with van der Waals surface area (Å²) in [5, 5.41) is 11.1. The minimum atomic E-state index is -1.03. The molecule has 0 spiro atoms. The fourth-order valence-corrected chi connectivity index (χ4v) is 3.15. The normalized spacial score (nSPS) is 12.4. The number of fused-ring (bicyclic) bond motifs is 1. The summed E-state index contributed by atoms with van der Waals surface area (Å²) < 4.78 is 33.9. The third-order valence-corrected chi connectivity index (χ3v) is 4.73. The Balaban J connectivity index is 1.80. The van der Waals surface area contributed by atoms with Gasteiger partial charge in [-0.05, 0) is 61.4 Å². The molecular formula is C25H25F2NO2. The van der Waals surface area contributed by atoms with Gasteiger partial charge in [-0.1, -0.05) is 36.9 Å². The highest BCUT2D eigenvalue weighted by Crippen LogP contribution is 2.30. The van der Waals surface area contributed by atoms with E-state index in [1.54, 1.807) is 19.2 Å². The molecule has 2 aromatic carbocycles. The van der Waals surface area contributed by atoms with E-state index >= 15 is 0 Å². The molecule has 0 aliphatic rings. The summed E-state index contributed by atoms with van der Waals surface area (Å²) in [6.45, 7) is 5.38. The molecule has 1 N–H and O–H groups in total. The van der Waals surface area contributed by atoms with Crippen LogP contribution in [0.2, 0.25) is 0 Å². The fraction of sp³-hybridized carbons (Fsp3) is 0.240. The Kier molecular flexibility index (Phi) is 7.31. The summed E-state index contributed by atoms with van der Waals surface area (Å²) in [4.78, 5) is 4.33. The molecule has 0 amide bonds. The Hall–Kier alpha value is -3.05. The Morgan fingerprint density at radius 2 is 1.97 bits per heavy atom. The smallest absolute Gasteiger partial charge is 0.201 e. The molecule has 5 heteroatoms. The number of rotatable bonds is 9. The first-order valence-corrected chi connectivity index (χ1v) is 9.96. The van der Waals surface area contributed by atoms with Crippen LogP contribution in [-0.2, 0) is 0 Å². The van der Waals surface area contributed by atoms with E-state index in [-0.39, 0.29) is 24.0 Å². The SMILES string of the molecule is C=CCOc1ccc(-c2cc3ccc(C=CCCCC(C)O)cc3cn2)c(F)c1F. The summed E-state index contributed by atoms with van der Waals surface area (Å²) in [5.74, 6) is -2.17. The summed E-state index contributed by atoms with van der Waals surface area (Å²) in [6, 6.07) is 10.5. The number of aliphatic hydroxyl groups excluding tert-OH is 1. The molecule has 0 bridgehead atoms. The molecule has 30 heavy (non-hydrogen) atoms. The first kappa shape index (κ1) is 21.7. The van der Waals surface area contributed by atoms with Crippen LogP contribution in [0.4, 0.5) is 8.78 Å². The van der Waals surface area contributed by atoms with E-state index in [1.807, 2.05) is 24.3 Å². The predicted molar refractivity (Wildman–Crippen MR) is 117 cm³/mol. The second kappa shape index (κ2) is 10.1. The van der Waals surface area contributed by atoms with Crippen molar-refractivity contribution in [2.24, 2.45) is 0 Å². The number of allylic oxidation sites excluding steroid dienone is 1. The summed E-state index contributed by atoms with van der Waals surface area (Å²) in [7, 11) is 0. The fourth-order valence-electron chi connectivity index (χ4n) is 3.15. The average Bonchev–Trinajstić information content (AvgIpc) is 2.74. The molecule has 3 rings (SSSR count). The van der Waals surface area contributed by atoms with Crippen molar-refractivity contribution in [3.05, 3.63) is 78.5 Å². The van der Waals surface area contributed by atoms with Gasteiger partial charge in [0.15, 0.2) is 11.6 Å². The lowest BCUT2D eigenvalue weighted by Gasteiger charge is -2.09. The number of aromatic nitrogens is 1. The van der Waals surface area contributed by atoms with Crippen LogP contribution in [0.15, 0.2) is 61.3 Å². The van der Waals surface area contributed by atoms with E-state index < -0.39 is 11.6 Å². The van der Waals surface area contributed by atoms with E-state index in [9.17, 15) is 13.9 Å². The zero-order valence-electron chi connectivity index (χ0n) is 16.9. The highest BCUT2D eigenvalue weighted by Gasteiger charge is 2.16. The van der Waals surface area contributed by atoms with Crippen molar-refractivity contribution < 1.29 is 18.6 Å². The third-order valence-electron chi connectivity index (χ3n) is 4.73. The number of unbranched alkanes of at least 4 members (excludes halogenated alkanes) is 1.